The fourth-order valence-electron chi connectivity index (χ4n) is 4.14. The second-order valence-corrected chi connectivity index (χ2v) is 7.23. The minimum atomic E-state index is -0.470. The molecule has 0 radical (unpaired) electrons. The van der Waals surface area contributed by atoms with E-state index in [2.05, 4.69) is 4.98 Å². The van der Waals surface area contributed by atoms with Crippen molar-refractivity contribution in [2.75, 3.05) is 26.3 Å². The summed E-state index contributed by atoms with van der Waals surface area (Å²) in [6.07, 6.45) is 4.28. The molecule has 7 nitrogen and oxygen atoms in total. The average molecular weight is 359 g/mol. The maximum absolute atomic E-state index is 12.9. The fraction of sp³-hybridized carbons (Fsp3) is 0.579. The zero-order valence-corrected chi connectivity index (χ0v) is 14.8. The van der Waals surface area contributed by atoms with Crippen LogP contribution in [0.25, 0.3) is 11.0 Å². The van der Waals surface area contributed by atoms with Gasteiger partial charge in [0.2, 0.25) is 0 Å². The number of ether oxygens (including phenoxy) is 1. The highest BCUT2D eigenvalue weighted by Gasteiger charge is 2.44. The van der Waals surface area contributed by atoms with E-state index in [1.54, 1.807) is 6.33 Å². The second-order valence-electron chi connectivity index (χ2n) is 7.23. The number of rotatable bonds is 3. The number of nitrogens with zero attached hydrogens (tertiary/aromatic N) is 3. The van der Waals surface area contributed by atoms with Gasteiger partial charge in [-0.15, -0.1) is 0 Å². The van der Waals surface area contributed by atoms with Crippen LogP contribution < -0.4 is 0 Å². The van der Waals surface area contributed by atoms with E-state index in [0.717, 1.165) is 23.9 Å². The van der Waals surface area contributed by atoms with Gasteiger partial charge < -0.3 is 24.4 Å². The molecule has 0 saturated carbocycles. The number of benzene rings is 1. The van der Waals surface area contributed by atoms with Crippen molar-refractivity contribution < 1.29 is 19.7 Å². The number of amides is 1. The highest BCUT2D eigenvalue weighted by atomic mass is 16.5. The van der Waals surface area contributed by atoms with Crippen molar-refractivity contribution in [1.82, 2.24) is 14.5 Å². The Morgan fingerprint density at radius 3 is 2.88 bits per heavy atom. The van der Waals surface area contributed by atoms with Gasteiger partial charge in [-0.3, -0.25) is 4.79 Å². The molecule has 1 amide bonds. The molecule has 7 heteroatoms. The van der Waals surface area contributed by atoms with Gasteiger partial charge in [0, 0.05) is 31.8 Å². The second kappa shape index (κ2) is 6.98. The molecule has 140 valence electrons. The molecule has 2 N–H and O–H groups in total. The van der Waals surface area contributed by atoms with Crippen LogP contribution >= 0.6 is 0 Å². The lowest BCUT2D eigenvalue weighted by atomic mass is 9.82. The zero-order valence-electron chi connectivity index (χ0n) is 14.8. The quantitative estimate of drug-likeness (QED) is 0.859. The Balaban J connectivity index is 1.47. The van der Waals surface area contributed by atoms with Crippen LogP contribution in [0.1, 0.15) is 36.0 Å². The normalized spacial score (nSPS) is 22.8. The molecule has 1 spiro atoms. The molecule has 0 unspecified atom stereocenters. The molecule has 1 aromatic heterocycles. The number of aromatic nitrogens is 2. The largest absolute Gasteiger partial charge is 0.395 e. The summed E-state index contributed by atoms with van der Waals surface area (Å²) in [7, 11) is 0. The highest BCUT2D eigenvalue weighted by Crippen LogP contribution is 2.35. The van der Waals surface area contributed by atoms with E-state index in [-0.39, 0.29) is 12.5 Å². The number of carbonyl (C=O) groups excluding carboxylic acids is 1. The monoisotopic (exact) mass is 359 g/mol. The van der Waals surface area contributed by atoms with Crippen LogP contribution in [-0.4, -0.2) is 68.6 Å². The van der Waals surface area contributed by atoms with E-state index in [4.69, 9.17) is 9.84 Å². The maximum Gasteiger partial charge on any atom is 0.253 e. The molecule has 2 aliphatic heterocycles. The summed E-state index contributed by atoms with van der Waals surface area (Å²) in [5.41, 5.74) is 1.81. The van der Waals surface area contributed by atoms with Crippen molar-refractivity contribution in [2.45, 2.75) is 43.9 Å². The molecule has 26 heavy (non-hydrogen) atoms. The van der Waals surface area contributed by atoms with Crippen LogP contribution in [0.5, 0.6) is 0 Å². The molecule has 2 aromatic rings. The number of fused-ring (bicyclic) bond motifs is 1. The van der Waals surface area contributed by atoms with E-state index in [1.807, 2.05) is 27.7 Å². The molecule has 3 heterocycles. The predicted octanol–water partition coefficient (Wildman–Crippen LogP) is 1.17. The smallest absolute Gasteiger partial charge is 0.253 e. The average Bonchev–Trinajstić information content (AvgIpc) is 3.07. The Hall–Kier alpha value is -1.96. The van der Waals surface area contributed by atoms with Crippen molar-refractivity contribution in [3.63, 3.8) is 0 Å². The Labute approximate surface area is 152 Å². The van der Waals surface area contributed by atoms with Crippen molar-refractivity contribution >= 4 is 16.9 Å². The van der Waals surface area contributed by atoms with E-state index in [0.29, 0.717) is 44.6 Å². The molecule has 0 bridgehead atoms. The Bertz CT molecular complexity index is 795. The Kier molecular flexibility index (Phi) is 4.69. The van der Waals surface area contributed by atoms with Crippen LogP contribution in [-0.2, 0) is 11.3 Å². The third kappa shape index (κ3) is 3.00. The van der Waals surface area contributed by atoms with Gasteiger partial charge in [0.15, 0.2) is 0 Å². The summed E-state index contributed by atoms with van der Waals surface area (Å²) >= 11 is 0. The zero-order chi connectivity index (χ0) is 18.1. The first-order valence-electron chi connectivity index (χ1n) is 9.30. The summed E-state index contributed by atoms with van der Waals surface area (Å²) in [4.78, 5) is 19.0. The first-order chi connectivity index (χ1) is 12.6. The van der Waals surface area contributed by atoms with Crippen molar-refractivity contribution in [3.05, 3.63) is 30.1 Å². The van der Waals surface area contributed by atoms with Gasteiger partial charge >= 0.3 is 0 Å². The number of aliphatic hydroxyl groups is 2. The van der Waals surface area contributed by atoms with Gasteiger partial charge in [-0.05, 0) is 43.9 Å². The molecule has 0 aliphatic carbocycles. The molecule has 2 aliphatic rings. The molecule has 1 atom stereocenters. The van der Waals surface area contributed by atoms with Gasteiger partial charge in [0.25, 0.3) is 5.91 Å². The molecular formula is C19H25N3O4. The number of aliphatic hydroxyl groups excluding tert-OH is 2. The number of imidazole rings is 1. The van der Waals surface area contributed by atoms with Gasteiger partial charge in [0.1, 0.15) is 0 Å². The lowest BCUT2D eigenvalue weighted by Crippen LogP contribution is -2.56. The van der Waals surface area contributed by atoms with Gasteiger partial charge in [-0.2, -0.15) is 0 Å². The van der Waals surface area contributed by atoms with E-state index in [9.17, 15) is 9.90 Å². The lowest BCUT2D eigenvalue weighted by molar-refractivity contribution is -0.174. The number of hydrogen-bond acceptors (Lipinski definition) is 5. The number of piperidine rings is 1. The summed E-state index contributed by atoms with van der Waals surface area (Å²) in [6, 6.07) is 5.50. The SMILES string of the molecule is O=C(c1ccc2c(c1)ncn2CCO)N1CCC2(CC1)OCCC[C@@H]2O. The van der Waals surface area contributed by atoms with Gasteiger partial charge in [-0.25, -0.2) is 4.98 Å². The lowest BCUT2D eigenvalue weighted by Gasteiger charge is -2.46. The van der Waals surface area contributed by atoms with Crippen molar-refractivity contribution in [3.8, 4) is 0 Å². The van der Waals surface area contributed by atoms with Gasteiger partial charge in [0.05, 0.1) is 35.7 Å². The minimum absolute atomic E-state index is 0.0104. The summed E-state index contributed by atoms with van der Waals surface area (Å²) in [5.74, 6) is -0.0104. The van der Waals surface area contributed by atoms with Crippen LogP contribution in [0.2, 0.25) is 0 Å². The van der Waals surface area contributed by atoms with Crippen LogP contribution in [0.15, 0.2) is 24.5 Å². The highest BCUT2D eigenvalue weighted by molar-refractivity contribution is 5.97. The topological polar surface area (TPSA) is 87.8 Å². The standard InChI is InChI=1S/C19H25N3O4/c23-10-9-22-13-20-15-12-14(3-4-16(15)22)18(25)21-7-5-19(6-8-21)17(24)2-1-11-26-19/h3-4,12-13,17,23-24H,1-2,5-11H2/t17-/m0/s1. The molecule has 1 aromatic carbocycles. The first kappa shape index (κ1) is 17.5. The van der Waals surface area contributed by atoms with E-state index in [1.165, 1.54) is 0 Å². The third-order valence-corrected chi connectivity index (χ3v) is 5.72. The molecule has 2 fully saturated rings. The minimum Gasteiger partial charge on any atom is -0.395 e. The molecule has 2 saturated heterocycles. The Morgan fingerprint density at radius 1 is 1.35 bits per heavy atom. The van der Waals surface area contributed by atoms with Crippen molar-refractivity contribution in [2.24, 2.45) is 0 Å². The van der Waals surface area contributed by atoms with Crippen molar-refractivity contribution in [1.29, 1.82) is 0 Å². The predicted molar refractivity (Wildman–Crippen MR) is 95.9 cm³/mol. The summed E-state index contributed by atoms with van der Waals surface area (Å²) in [5, 5.41) is 19.4. The third-order valence-electron chi connectivity index (χ3n) is 5.72. The molecule has 4 rings (SSSR count). The summed E-state index contributed by atoms with van der Waals surface area (Å²) < 4.78 is 7.79. The number of likely N-dealkylation sites (tertiary alicyclic amines) is 1. The van der Waals surface area contributed by atoms with E-state index >= 15 is 0 Å². The number of hydrogen-bond donors (Lipinski definition) is 2. The fourth-order valence-corrected chi connectivity index (χ4v) is 4.14. The summed E-state index contributed by atoms with van der Waals surface area (Å²) in [6.45, 7) is 2.41. The van der Waals surface area contributed by atoms with Gasteiger partial charge in [-0.1, -0.05) is 0 Å². The Morgan fingerprint density at radius 2 is 2.15 bits per heavy atom. The van der Waals surface area contributed by atoms with E-state index < -0.39 is 11.7 Å². The van der Waals surface area contributed by atoms with Crippen LogP contribution in [0.4, 0.5) is 0 Å². The first-order valence-corrected chi connectivity index (χ1v) is 9.30. The molecular weight excluding hydrogens is 334 g/mol. The van der Waals surface area contributed by atoms with Crippen LogP contribution in [0, 0.1) is 0 Å². The maximum atomic E-state index is 12.9. The number of carbonyl (C=O) groups is 1. The van der Waals surface area contributed by atoms with Crippen LogP contribution in [0.3, 0.4) is 0 Å².